The van der Waals surface area contributed by atoms with E-state index in [1.165, 1.54) is 27.4 Å². The Labute approximate surface area is 157 Å². The van der Waals surface area contributed by atoms with Gasteiger partial charge in [0.25, 0.3) is 0 Å². The SMILES string of the molecule is C[n+]1c2ccccc2c(-c2ccc(C=O)cc2)c2ccccc21.[I-]. The smallest absolute Gasteiger partial charge is 0.213 e. The van der Waals surface area contributed by atoms with Gasteiger partial charge in [-0.05, 0) is 17.7 Å². The van der Waals surface area contributed by atoms with Crippen molar-refractivity contribution in [2.24, 2.45) is 7.05 Å². The minimum absolute atomic E-state index is 0. The van der Waals surface area contributed by atoms with Crippen molar-refractivity contribution in [1.29, 1.82) is 0 Å². The van der Waals surface area contributed by atoms with Crippen molar-refractivity contribution < 1.29 is 33.3 Å². The summed E-state index contributed by atoms with van der Waals surface area (Å²) < 4.78 is 2.23. The van der Waals surface area contributed by atoms with Gasteiger partial charge in [0.1, 0.15) is 13.3 Å². The van der Waals surface area contributed by atoms with E-state index in [2.05, 4.69) is 60.1 Å². The van der Waals surface area contributed by atoms with E-state index in [-0.39, 0.29) is 24.0 Å². The van der Waals surface area contributed by atoms with E-state index < -0.39 is 0 Å². The quantitative estimate of drug-likeness (QED) is 0.205. The number of rotatable bonds is 2. The van der Waals surface area contributed by atoms with Crippen LogP contribution in [0.25, 0.3) is 32.9 Å². The highest BCUT2D eigenvalue weighted by atomic mass is 127. The zero-order valence-corrected chi connectivity index (χ0v) is 15.4. The summed E-state index contributed by atoms with van der Waals surface area (Å²) in [7, 11) is 2.10. The van der Waals surface area contributed by atoms with Crippen LogP contribution >= 0.6 is 0 Å². The van der Waals surface area contributed by atoms with Gasteiger partial charge in [0.15, 0.2) is 0 Å². The number of pyridine rings is 1. The number of halogens is 1. The molecule has 3 aromatic carbocycles. The fourth-order valence-corrected chi connectivity index (χ4v) is 3.27. The average molecular weight is 425 g/mol. The Morgan fingerprint density at radius 2 is 1.25 bits per heavy atom. The van der Waals surface area contributed by atoms with Crippen LogP contribution in [0.15, 0.2) is 72.8 Å². The summed E-state index contributed by atoms with van der Waals surface area (Å²) in [5, 5.41) is 2.43. The number of carbonyl (C=O) groups excluding carboxylic acids is 1. The van der Waals surface area contributed by atoms with Crippen molar-refractivity contribution in [3.8, 4) is 11.1 Å². The fraction of sp³-hybridized carbons (Fsp3) is 0.0476. The largest absolute Gasteiger partial charge is 1.00 e. The number of para-hydroxylation sites is 2. The number of hydrogen-bond acceptors (Lipinski definition) is 1. The number of aldehydes is 1. The van der Waals surface area contributed by atoms with Gasteiger partial charge >= 0.3 is 0 Å². The first-order valence-electron chi connectivity index (χ1n) is 7.64. The predicted octanol–water partition coefficient (Wildman–Crippen LogP) is 1.30. The summed E-state index contributed by atoms with van der Waals surface area (Å²) in [5.74, 6) is 0. The number of nitrogens with zero attached hydrogens (tertiary/aromatic N) is 1. The van der Waals surface area contributed by atoms with Crippen molar-refractivity contribution in [1.82, 2.24) is 0 Å². The molecule has 0 unspecified atom stereocenters. The molecule has 0 spiro atoms. The fourth-order valence-electron chi connectivity index (χ4n) is 3.27. The first kappa shape index (κ1) is 16.6. The van der Waals surface area contributed by atoms with Gasteiger partial charge in [-0.2, -0.15) is 4.57 Å². The lowest BCUT2D eigenvalue weighted by atomic mass is 9.95. The third-order valence-electron chi connectivity index (χ3n) is 4.40. The minimum Gasteiger partial charge on any atom is -1.00 e. The topological polar surface area (TPSA) is 20.9 Å². The zero-order chi connectivity index (χ0) is 15.8. The molecule has 0 saturated heterocycles. The molecular formula is C21H16INO. The highest BCUT2D eigenvalue weighted by molar-refractivity contribution is 6.07. The third-order valence-corrected chi connectivity index (χ3v) is 4.40. The molecule has 0 fully saturated rings. The van der Waals surface area contributed by atoms with Gasteiger partial charge in [-0.1, -0.05) is 48.5 Å². The van der Waals surface area contributed by atoms with E-state index in [0.29, 0.717) is 5.56 Å². The standard InChI is InChI=1S/C21H16NO.HI/c1-22-19-8-4-2-6-17(19)21(18-7-3-5-9-20(18)22)16-12-10-15(14-23)11-13-16;/h2-14H,1H3;1H/q+1;/p-1. The van der Waals surface area contributed by atoms with Crippen molar-refractivity contribution in [2.45, 2.75) is 0 Å². The van der Waals surface area contributed by atoms with Crippen LogP contribution in [0.3, 0.4) is 0 Å². The molecule has 2 nitrogen and oxygen atoms in total. The minimum atomic E-state index is 0. The second kappa shape index (κ2) is 6.69. The van der Waals surface area contributed by atoms with Crippen LogP contribution in [-0.2, 0) is 7.05 Å². The maximum atomic E-state index is 10.9. The van der Waals surface area contributed by atoms with Crippen LogP contribution in [0, 0.1) is 0 Å². The summed E-state index contributed by atoms with van der Waals surface area (Å²) in [6.45, 7) is 0. The molecule has 4 aromatic rings. The summed E-state index contributed by atoms with van der Waals surface area (Å²) in [5.41, 5.74) is 5.43. The monoisotopic (exact) mass is 425 g/mol. The molecule has 1 heterocycles. The van der Waals surface area contributed by atoms with Crippen molar-refractivity contribution in [3.63, 3.8) is 0 Å². The Bertz CT molecular complexity index is 982. The maximum Gasteiger partial charge on any atom is 0.213 e. The second-order valence-electron chi connectivity index (χ2n) is 5.71. The van der Waals surface area contributed by atoms with Gasteiger partial charge < -0.3 is 24.0 Å². The molecule has 0 N–H and O–H groups in total. The molecule has 0 bridgehead atoms. The van der Waals surface area contributed by atoms with E-state index in [1.54, 1.807) is 0 Å². The molecule has 0 aliphatic rings. The van der Waals surface area contributed by atoms with Gasteiger partial charge in [0, 0.05) is 23.3 Å². The van der Waals surface area contributed by atoms with Gasteiger partial charge in [0.2, 0.25) is 11.0 Å². The highest BCUT2D eigenvalue weighted by Crippen LogP contribution is 2.33. The number of hydrogen-bond donors (Lipinski definition) is 0. The molecule has 1 aromatic heterocycles. The molecule has 0 saturated carbocycles. The van der Waals surface area contributed by atoms with E-state index in [9.17, 15) is 4.79 Å². The molecule has 0 radical (unpaired) electrons. The zero-order valence-electron chi connectivity index (χ0n) is 13.2. The van der Waals surface area contributed by atoms with E-state index in [1.807, 2.05) is 24.3 Å². The molecule has 3 heteroatoms. The molecule has 0 aliphatic heterocycles. The average Bonchev–Trinajstić information content (AvgIpc) is 2.63. The van der Waals surface area contributed by atoms with Crippen LogP contribution in [0.4, 0.5) is 0 Å². The number of fused-ring (bicyclic) bond motifs is 2. The molecular weight excluding hydrogens is 409 g/mol. The molecule has 4 rings (SSSR count). The first-order chi connectivity index (χ1) is 11.3. The molecule has 118 valence electrons. The van der Waals surface area contributed by atoms with Crippen molar-refractivity contribution >= 4 is 28.1 Å². The Kier molecular flexibility index (Phi) is 4.62. The number of carbonyl (C=O) groups is 1. The van der Waals surface area contributed by atoms with Crippen LogP contribution in [0.5, 0.6) is 0 Å². The van der Waals surface area contributed by atoms with E-state index >= 15 is 0 Å². The third kappa shape index (κ3) is 2.59. The van der Waals surface area contributed by atoms with Gasteiger partial charge in [-0.15, -0.1) is 0 Å². The van der Waals surface area contributed by atoms with Crippen molar-refractivity contribution in [3.05, 3.63) is 78.4 Å². The lowest BCUT2D eigenvalue weighted by molar-refractivity contribution is -0.617. The normalized spacial score (nSPS) is 10.5. The molecule has 0 amide bonds. The van der Waals surface area contributed by atoms with Gasteiger partial charge in [-0.25, -0.2) is 0 Å². The highest BCUT2D eigenvalue weighted by Gasteiger charge is 2.17. The summed E-state index contributed by atoms with van der Waals surface area (Å²) >= 11 is 0. The Morgan fingerprint density at radius 1 is 0.750 bits per heavy atom. The van der Waals surface area contributed by atoms with Crippen LogP contribution in [0.1, 0.15) is 10.4 Å². The lowest BCUT2D eigenvalue weighted by Gasteiger charge is -2.10. The number of aryl methyl sites for hydroxylation is 1. The number of aromatic nitrogens is 1. The van der Waals surface area contributed by atoms with E-state index in [4.69, 9.17) is 0 Å². The number of benzene rings is 3. The summed E-state index contributed by atoms with van der Waals surface area (Å²) in [4.78, 5) is 10.9. The van der Waals surface area contributed by atoms with E-state index in [0.717, 1.165) is 11.8 Å². The van der Waals surface area contributed by atoms with Crippen LogP contribution in [-0.4, -0.2) is 6.29 Å². The van der Waals surface area contributed by atoms with Crippen LogP contribution < -0.4 is 28.5 Å². The van der Waals surface area contributed by atoms with Crippen LogP contribution in [0.2, 0.25) is 0 Å². The molecule has 0 atom stereocenters. The predicted molar refractivity (Wildman–Crippen MR) is 93.5 cm³/mol. The Morgan fingerprint density at radius 3 is 1.75 bits per heavy atom. The lowest BCUT2D eigenvalue weighted by Crippen LogP contribution is -3.00. The van der Waals surface area contributed by atoms with Crippen molar-refractivity contribution in [2.75, 3.05) is 0 Å². The van der Waals surface area contributed by atoms with Gasteiger partial charge in [-0.3, -0.25) is 4.79 Å². The first-order valence-corrected chi connectivity index (χ1v) is 7.64. The molecule has 24 heavy (non-hydrogen) atoms. The molecule has 0 aliphatic carbocycles. The maximum absolute atomic E-state index is 10.9. The Hall–Kier alpha value is -2.27. The van der Waals surface area contributed by atoms with Gasteiger partial charge in [0.05, 0.1) is 10.8 Å². The summed E-state index contributed by atoms with van der Waals surface area (Å²) in [6, 6.07) is 24.7. The summed E-state index contributed by atoms with van der Waals surface area (Å²) in [6.07, 6.45) is 0.880. The Balaban J connectivity index is 0.00000169. The second-order valence-corrected chi connectivity index (χ2v) is 5.71.